The number of hydrogen-bond acceptors (Lipinski definition) is 8. The van der Waals surface area contributed by atoms with Crippen LogP contribution in [0.1, 0.15) is 32.2 Å². The van der Waals surface area contributed by atoms with Crippen LogP contribution < -0.4 is 5.73 Å². The van der Waals surface area contributed by atoms with Gasteiger partial charge in [0.1, 0.15) is 0 Å². The molecule has 2 aromatic carbocycles. The summed E-state index contributed by atoms with van der Waals surface area (Å²) < 4.78 is 29.4. The zero-order chi connectivity index (χ0) is 23.8. The van der Waals surface area contributed by atoms with Crippen molar-refractivity contribution in [1.29, 1.82) is 0 Å². The van der Waals surface area contributed by atoms with E-state index < -0.39 is 15.3 Å². The van der Waals surface area contributed by atoms with Gasteiger partial charge < -0.3 is 10.3 Å². The van der Waals surface area contributed by atoms with E-state index in [0.717, 1.165) is 16.7 Å². The summed E-state index contributed by atoms with van der Waals surface area (Å²) in [5, 5.41) is 4.27. The van der Waals surface area contributed by atoms with E-state index in [1.165, 1.54) is 6.26 Å². The minimum absolute atomic E-state index is 0.149. The number of benzene rings is 2. The van der Waals surface area contributed by atoms with Crippen LogP contribution in [-0.4, -0.2) is 34.8 Å². The lowest BCUT2D eigenvalue weighted by atomic mass is 9.72. The highest BCUT2D eigenvalue weighted by Gasteiger charge is 2.37. The second-order valence-electron chi connectivity index (χ2n) is 8.49. The molecule has 33 heavy (non-hydrogen) atoms. The fraction of sp³-hybridized carbons (Fsp3) is 0.250. The Bertz CT molecular complexity index is 1380. The number of anilines is 1. The normalized spacial score (nSPS) is 13.7. The second-order valence-corrected chi connectivity index (χ2v) is 10.5. The molecular weight excluding hydrogens is 438 g/mol. The quantitative estimate of drug-likeness (QED) is 0.452. The third-order valence-electron chi connectivity index (χ3n) is 6.04. The van der Waals surface area contributed by atoms with Crippen LogP contribution in [-0.2, 0) is 15.3 Å². The molecule has 9 heteroatoms. The fourth-order valence-electron chi connectivity index (χ4n) is 3.63. The van der Waals surface area contributed by atoms with Crippen LogP contribution in [0.2, 0.25) is 0 Å². The Labute approximate surface area is 192 Å². The molecule has 1 unspecified atom stereocenters. The van der Waals surface area contributed by atoms with Crippen LogP contribution >= 0.6 is 0 Å². The molecule has 0 aliphatic rings. The van der Waals surface area contributed by atoms with Gasteiger partial charge in [-0.05, 0) is 42.2 Å². The first-order valence-electron chi connectivity index (χ1n) is 10.4. The van der Waals surface area contributed by atoms with Crippen molar-refractivity contribution < 1.29 is 12.9 Å². The number of hydrogen-bond donors (Lipinski definition) is 1. The monoisotopic (exact) mass is 463 g/mol. The molecule has 1 atom stereocenters. The highest BCUT2D eigenvalue weighted by atomic mass is 32.2. The average Bonchev–Trinajstić information content (AvgIpc) is 3.29. The fourth-order valence-corrected chi connectivity index (χ4v) is 4.29. The predicted octanol–water partition coefficient (Wildman–Crippen LogP) is 4.14. The van der Waals surface area contributed by atoms with Crippen molar-refractivity contribution in [2.45, 2.75) is 31.1 Å². The SMILES string of the molecule is CC(C)C(C)(c1ccc(-c2cnc(N)nc2)cc1)c1noc(-c2cccc(S(C)(=O)=O)c2)n1. The number of nitrogen functional groups attached to an aromatic ring is 1. The van der Waals surface area contributed by atoms with E-state index in [1.807, 2.05) is 24.3 Å². The molecule has 0 fully saturated rings. The van der Waals surface area contributed by atoms with Crippen LogP contribution in [0.3, 0.4) is 0 Å². The highest BCUT2D eigenvalue weighted by Crippen LogP contribution is 2.39. The third kappa shape index (κ3) is 4.36. The lowest BCUT2D eigenvalue weighted by Gasteiger charge is -2.31. The number of rotatable bonds is 6. The van der Waals surface area contributed by atoms with E-state index in [-0.39, 0.29) is 22.7 Å². The maximum atomic E-state index is 11.9. The minimum Gasteiger partial charge on any atom is -0.368 e. The Hall–Kier alpha value is -3.59. The van der Waals surface area contributed by atoms with E-state index in [0.29, 0.717) is 11.4 Å². The van der Waals surface area contributed by atoms with E-state index >= 15 is 0 Å². The van der Waals surface area contributed by atoms with Gasteiger partial charge >= 0.3 is 0 Å². The topological polar surface area (TPSA) is 125 Å². The Morgan fingerprint density at radius 3 is 2.24 bits per heavy atom. The summed E-state index contributed by atoms with van der Waals surface area (Å²) in [4.78, 5) is 13.0. The lowest BCUT2D eigenvalue weighted by molar-refractivity contribution is 0.351. The molecule has 2 aromatic heterocycles. The number of aromatic nitrogens is 4. The van der Waals surface area contributed by atoms with Crippen molar-refractivity contribution in [3.63, 3.8) is 0 Å². The van der Waals surface area contributed by atoms with E-state index in [9.17, 15) is 8.42 Å². The summed E-state index contributed by atoms with van der Waals surface area (Å²) in [7, 11) is -3.35. The summed E-state index contributed by atoms with van der Waals surface area (Å²) in [5.41, 5.74) is 8.47. The summed E-state index contributed by atoms with van der Waals surface area (Å²) in [6, 6.07) is 14.6. The van der Waals surface area contributed by atoms with Crippen LogP contribution in [0.5, 0.6) is 0 Å². The second kappa shape index (κ2) is 8.40. The van der Waals surface area contributed by atoms with Crippen molar-refractivity contribution in [3.8, 4) is 22.6 Å². The first-order chi connectivity index (χ1) is 15.6. The van der Waals surface area contributed by atoms with E-state index in [2.05, 4.69) is 40.9 Å². The van der Waals surface area contributed by atoms with E-state index in [1.54, 1.807) is 36.7 Å². The largest absolute Gasteiger partial charge is 0.368 e. The molecule has 0 saturated carbocycles. The summed E-state index contributed by atoms with van der Waals surface area (Å²) in [6.07, 6.45) is 4.55. The molecule has 8 nitrogen and oxygen atoms in total. The van der Waals surface area contributed by atoms with Crippen LogP contribution in [0.4, 0.5) is 5.95 Å². The van der Waals surface area contributed by atoms with Crippen LogP contribution in [0, 0.1) is 5.92 Å². The number of nitrogens with two attached hydrogens (primary N) is 1. The molecule has 0 amide bonds. The number of sulfone groups is 1. The predicted molar refractivity (Wildman–Crippen MR) is 126 cm³/mol. The zero-order valence-corrected chi connectivity index (χ0v) is 19.7. The van der Waals surface area contributed by atoms with Gasteiger partial charge in [-0.2, -0.15) is 4.98 Å². The molecule has 170 valence electrons. The van der Waals surface area contributed by atoms with Crippen LogP contribution in [0.25, 0.3) is 22.6 Å². The Balaban J connectivity index is 1.70. The van der Waals surface area contributed by atoms with Crippen LogP contribution in [0.15, 0.2) is 70.3 Å². The van der Waals surface area contributed by atoms with Crippen molar-refractivity contribution in [1.82, 2.24) is 20.1 Å². The van der Waals surface area contributed by atoms with Crippen molar-refractivity contribution in [2.75, 3.05) is 12.0 Å². The molecule has 4 rings (SSSR count). The maximum absolute atomic E-state index is 11.9. The van der Waals surface area contributed by atoms with E-state index in [4.69, 9.17) is 10.3 Å². The molecule has 0 bridgehead atoms. The average molecular weight is 464 g/mol. The van der Waals surface area contributed by atoms with Gasteiger partial charge in [0.05, 0.1) is 10.3 Å². The molecule has 0 aliphatic carbocycles. The third-order valence-corrected chi connectivity index (χ3v) is 7.15. The molecule has 0 radical (unpaired) electrons. The van der Waals surface area contributed by atoms with Gasteiger partial charge in [-0.25, -0.2) is 18.4 Å². The molecule has 2 heterocycles. The summed E-state index contributed by atoms with van der Waals surface area (Å²) in [6.45, 7) is 6.27. The van der Waals surface area contributed by atoms with Gasteiger partial charge in [0.25, 0.3) is 5.89 Å². The van der Waals surface area contributed by atoms with Crippen molar-refractivity contribution in [3.05, 3.63) is 72.3 Å². The Morgan fingerprint density at radius 2 is 1.64 bits per heavy atom. The first kappa shape index (κ1) is 22.6. The highest BCUT2D eigenvalue weighted by molar-refractivity contribution is 7.90. The summed E-state index contributed by atoms with van der Waals surface area (Å²) in [5.74, 6) is 1.19. The standard InChI is InChI=1S/C24H25N5O3S/c1-15(2)24(3,19-10-8-16(9-11-19)18-13-26-23(25)27-14-18)22-28-21(32-29-22)17-6-5-7-20(12-17)33(4,30)31/h5-15H,1-4H3,(H2,25,26,27). The molecule has 0 spiro atoms. The smallest absolute Gasteiger partial charge is 0.257 e. The molecular formula is C24H25N5O3S. The minimum atomic E-state index is -3.35. The molecule has 0 saturated heterocycles. The van der Waals surface area contributed by atoms with Gasteiger partial charge in [-0.1, -0.05) is 49.3 Å². The molecule has 0 aliphatic heterocycles. The van der Waals surface area contributed by atoms with Crippen molar-refractivity contribution in [2.24, 2.45) is 5.92 Å². The van der Waals surface area contributed by atoms with Gasteiger partial charge in [-0.15, -0.1) is 0 Å². The summed E-state index contributed by atoms with van der Waals surface area (Å²) >= 11 is 0. The van der Waals surface area contributed by atoms with Gasteiger partial charge in [0, 0.05) is 29.8 Å². The maximum Gasteiger partial charge on any atom is 0.257 e. The van der Waals surface area contributed by atoms with Gasteiger partial charge in [0.15, 0.2) is 15.7 Å². The van der Waals surface area contributed by atoms with Gasteiger partial charge in [0.2, 0.25) is 5.95 Å². The van der Waals surface area contributed by atoms with Crippen molar-refractivity contribution >= 4 is 15.8 Å². The van der Waals surface area contributed by atoms with Gasteiger partial charge in [-0.3, -0.25) is 0 Å². The Morgan fingerprint density at radius 1 is 0.970 bits per heavy atom. The molecule has 2 N–H and O–H groups in total. The first-order valence-corrected chi connectivity index (χ1v) is 12.3. The lowest BCUT2D eigenvalue weighted by Crippen LogP contribution is -2.31. The number of nitrogens with zero attached hydrogens (tertiary/aromatic N) is 4. The zero-order valence-electron chi connectivity index (χ0n) is 18.9. The Kier molecular flexibility index (Phi) is 5.75. The molecule has 4 aromatic rings.